The van der Waals surface area contributed by atoms with Crippen molar-refractivity contribution in [2.45, 2.75) is 13.8 Å². The molecule has 0 atom stereocenters. The molecule has 0 amide bonds. The first-order chi connectivity index (χ1) is 6.72. The molecule has 0 spiro atoms. The van der Waals surface area contributed by atoms with Gasteiger partial charge in [-0.3, -0.25) is 9.13 Å². The van der Waals surface area contributed by atoms with Crippen molar-refractivity contribution in [2.75, 3.05) is 0 Å². The van der Waals surface area contributed by atoms with Crippen LogP contribution in [0, 0.1) is 0 Å². The quantitative estimate of drug-likeness (QED) is 0.626. The second kappa shape index (κ2) is 4.13. The van der Waals surface area contributed by atoms with E-state index in [-0.39, 0.29) is 5.69 Å². The minimum Gasteiger partial charge on any atom is -0.295 e. The van der Waals surface area contributed by atoms with Gasteiger partial charge in [-0.1, -0.05) is 26.0 Å². The van der Waals surface area contributed by atoms with Crippen LogP contribution >= 0.6 is 0 Å². The van der Waals surface area contributed by atoms with Crippen LogP contribution in [0.4, 0.5) is 0 Å². The van der Waals surface area contributed by atoms with E-state index < -0.39 is 0 Å². The normalized spacial score (nSPS) is 9.71. The molecule has 0 unspecified atom stereocenters. The van der Waals surface area contributed by atoms with Gasteiger partial charge in [0.1, 0.15) is 0 Å². The third-order valence-corrected chi connectivity index (χ3v) is 2.18. The third kappa shape index (κ3) is 1.45. The van der Waals surface area contributed by atoms with E-state index in [1.54, 1.807) is 23.2 Å². The van der Waals surface area contributed by atoms with Crippen molar-refractivity contribution in [3.63, 3.8) is 0 Å². The highest BCUT2D eigenvalue weighted by Crippen LogP contribution is 2.09. The van der Waals surface area contributed by atoms with E-state index in [0.717, 1.165) is 11.0 Å². The molecule has 14 heavy (non-hydrogen) atoms. The zero-order valence-corrected chi connectivity index (χ0v) is 9.11. The Bertz CT molecular complexity index is 437. The van der Waals surface area contributed by atoms with Crippen molar-refractivity contribution in [2.24, 2.45) is 14.1 Å². The van der Waals surface area contributed by atoms with Gasteiger partial charge < -0.3 is 0 Å². The Hall–Kier alpha value is -1.51. The van der Waals surface area contributed by atoms with E-state index in [2.05, 4.69) is 0 Å². The molecular weight excluding hydrogens is 176 g/mol. The fourth-order valence-corrected chi connectivity index (χ4v) is 1.46. The molecule has 3 heteroatoms. The topological polar surface area (TPSA) is 26.9 Å². The van der Waals surface area contributed by atoms with Crippen LogP contribution in [0.5, 0.6) is 0 Å². The Morgan fingerprint density at radius 2 is 1.29 bits per heavy atom. The molecule has 0 aliphatic carbocycles. The van der Waals surface area contributed by atoms with Gasteiger partial charge in [-0.15, -0.1) is 0 Å². The largest absolute Gasteiger partial charge is 0.328 e. The Morgan fingerprint density at radius 1 is 0.929 bits per heavy atom. The SMILES string of the molecule is CC.Cn1c(=O)n(C)c2ccccc21. The molecule has 1 aromatic heterocycles. The molecule has 1 heterocycles. The highest BCUT2D eigenvalue weighted by molar-refractivity contribution is 5.75. The van der Waals surface area contributed by atoms with Crippen molar-refractivity contribution in [3.05, 3.63) is 34.7 Å². The third-order valence-electron chi connectivity index (χ3n) is 2.18. The average Bonchev–Trinajstić information content (AvgIpc) is 2.48. The van der Waals surface area contributed by atoms with Crippen LogP contribution in [0.15, 0.2) is 29.1 Å². The summed E-state index contributed by atoms with van der Waals surface area (Å²) in [4.78, 5) is 11.4. The number of nitrogens with zero attached hydrogens (tertiary/aromatic N) is 2. The summed E-state index contributed by atoms with van der Waals surface area (Å²) in [5, 5.41) is 0. The Morgan fingerprint density at radius 3 is 1.64 bits per heavy atom. The second-order valence-corrected chi connectivity index (χ2v) is 2.89. The van der Waals surface area contributed by atoms with Gasteiger partial charge in [-0.25, -0.2) is 4.79 Å². The zero-order chi connectivity index (χ0) is 10.7. The number of rotatable bonds is 0. The molecule has 0 bridgehead atoms. The summed E-state index contributed by atoms with van der Waals surface area (Å²) in [7, 11) is 3.56. The molecule has 0 saturated carbocycles. The molecule has 76 valence electrons. The van der Waals surface area contributed by atoms with Gasteiger partial charge in [0.25, 0.3) is 0 Å². The van der Waals surface area contributed by atoms with Gasteiger partial charge in [0, 0.05) is 14.1 Å². The monoisotopic (exact) mass is 192 g/mol. The first-order valence-corrected chi connectivity index (χ1v) is 4.82. The van der Waals surface area contributed by atoms with Crippen molar-refractivity contribution >= 4 is 11.0 Å². The van der Waals surface area contributed by atoms with E-state index in [0.29, 0.717) is 0 Å². The predicted molar refractivity (Wildman–Crippen MR) is 59.5 cm³/mol. The van der Waals surface area contributed by atoms with Crippen LogP contribution in [-0.4, -0.2) is 9.13 Å². The first kappa shape index (κ1) is 10.6. The molecule has 0 aliphatic heterocycles. The van der Waals surface area contributed by atoms with Crippen molar-refractivity contribution in [3.8, 4) is 0 Å². The van der Waals surface area contributed by atoms with Crippen LogP contribution in [0.3, 0.4) is 0 Å². The molecule has 1 aromatic carbocycles. The summed E-state index contributed by atoms with van der Waals surface area (Å²) in [5.74, 6) is 0. The highest BCUT2D eigenvalue weighted by atomic mass is 16.1. The zero-order valence-electron chi connectivity index (χ0n) is 9.11. The van der Waals surface area contributed by atoms with Gasteiger partial charge in [0.05, 0.1) is 11.0 Å². The summed E-state index contributed by atoms with van der Waals surface area (Å²) in [6.07, 6.45) is 0. The maximum Gasteiger partial charge on any atom is 0.328 e. The first-order valence-electron chi connectivity index (χ1n) is 4.82. The van der Waals surface area contributed by atoms with Crippen molar-refractivity contribution in [1.29, 1.82) is 0 Å². The maximum absolute atomic E-state index is 11.4. The molecule has 0 saturated heterocycles. The summed E-state index contributed by atoms with van der Waals surface area (Å²) in [6.45, 7) is 4.00. The molecule has 0 radical (unpaired) electrons. The smallest absolute Gasteiger partial charge is 0.295 e. The molecule has 2 rings (SSSR count). The van der Waals surface area contributed by atoms with Gasteiger partial charge >= 0.3 is 5.69 Å². The molecule has 0 aliphatic rings. The van der Waals surface area contributed by atoms with Crippen LogP contribution in [0.25, 0.3) is 11.0 Å². The maximum atomic E-state index is 11.4. The number of imidazole rings is 1. The minimum atomic E-state index is 0.0243. The van der Waals surface area contributed by atoms with E-state index in [1.165, 1.54) is 0 Å². The molecule has 0 N–H and O–H groups in total. The number of para-hydroxylation sites is 2. The minimum absolute atomic E-state index is 0.0243. The van der Waals surface area contributed by atoms with E-state index in [1.807, 2.05) is 38.1 Å². The molecule has 3 nitrogen and oxygen atoms in total. The van der Waals surface area contributed by atoms with Crippen LogP contribution < -0.4 is 5.69 Å². The van der Waals surface area contributed by atoms with Crippen LogP contribution in [-0.2, 0) is 14.1 Å². The van der Waals surface area contributed by atoms with E-state index in [9.17, 15) is 4.79 Å². The fraction of sp³-hybridized carbons (Fsp3) is 0.364. The van der Waals surface area contributed by atoms with Gasteiger partial charge in [0.15, 0.2) is 0 Å². The Kier molecular flexibility index (Phi) is 3.12. The van der Waals surface area contributed by atoms with Gasteiger partial charge in [0.2, 0.25) is 0 Å². The van der Waals surface area contributed by atoms with Gasteiger partial charge in [-0.2, -0.15) is 0 Å². The molecule has 0 fully saturated rings. The Balaban J connectivity index is 0.000000461. The van der Waals surface area contributed by atoms with E-state index >= 15 is 0 Å². The molecule has 2 aromatic rings. The van der Waals surface area contributed by atoms with Gasteiger partial charge in [-0.05, 0) is 12.1 Å². The van der Waals surface area contributed by atoms with Crippen LogP contribution in [0.1, 0.15) is 13.8 Å². The number of benzene rings is 1. The Labute approximate surface area is 83.6 Å². The number of hydrogen-bond donors (Lipinski definition) is 0. The van der Waals surface area contributed by atoms with Crippen molar-refractivity contribution in [1.82, 2.24) is 9.13 Å². The highest BCUT2D eigenvalue weighted by Gasteiger charge is 2.04. The fourth-order valence-electron chi connectivity index (χ4n) is 1.46. The lowest BCUT2D eigenvalue weighted by molar-refractivity contribution is 0.795. The summed E-state index contributed by atoms with van der Waals surface area (Å²) >= 11 is 0. The summed E-state index contributed by atoms with van der Waals surface area (Å²) < 4.78 is 3.30. The number of aryl methyl sites for hydroxylation is 2. The lowest BCUT2D eigenvalue weighted by atomic mass is 10.3. The number of hydrogen-bond acceptors (Lipinski definition) is 1. The molecular formula is C11H16N2O. The summed E-state index contributed by atoms with van der Waals surface area (Å²) in [5.41, 5.74) is 1.98. The standard InChI is InChI=1S/C9H10N2O.C2H6/c1-10-7-5-3-4-6-8(7)11(2)9(10)12;1-2/h3-6H,1-2H3;1-2H3. The predicted octanol–water partition coefficient (Wildman–Crippen LogP) is 1.90. The van der Waals surface area contributed by atoms with Crippen LogP contribution in [0.2, 0.25) is 0 Å². The summed E-state index contributed by atoms with van der Waals surface area (Å²) in [6, 6.07) is 7.75. The number of fused-ring (bicyclic) bond motifs is 1. The second-order valence-electron chi connectivity index (χ2n) is 2.89. The number of aromatic nitrogens is 2. The average molecular weight is 192 g/mol. The lowest BCUT2D eigenvalue weighted by Crippen LogP contribution is -2.19. The lowest BCUT2D eigenvalue weighted by Gasteiger charge is -1.90. The van der Waals surface area contributed by atoms with Crippen molar-refractivity contribution < 1.29 is 0 Å². The van der Waals surface area contributed by atoms with E-state index in [4.69, 9.17) is 0 Å².